The lowest BCUT2D eigenvalue weighted by molar-refractivity contribution is -0.137. The number of ether oxygens (including phenoxy) is 1. The van der Waals surface area contributed by atoms with E-state index in [1.54, 1.807) is 0 Å². The highest BCUT2D eigenvalue weighted by molar-refractivity contribution is 5.85. The number of aliphatic hydroxyl groups is 1. The fourth-order valence-corrected chi connectivity index (χ4v) is 3.87. The smallest absolute Gasteiger partial charge is 0.313 e. The molecule has 0 fully saturated rings. The molecule has 0 aliphatic heterocycles. The van der Waals surface area contributed by atoms with E-state index in [9.17, 15) is 9.90 Å². The summed E-state index contributed by atoms with van der Waals surface area (Å²) < 4.78 is 5.78. The summed E-state index contributed by atoms with van der Waals surface area (Å²) in [5.74, 6) is 0.196. The van der Waals surface area contributed by atoms with Crippen LogP contribution in [0.25, 0.3) is 0 Å². The second kappa shape index (κ2) is 14.3. The third-order valence-corrected chi connectivity index (χ3v) is 5.52. The van der Waals surface area contributed by atoms with Crippen molar-refractivity contribution >= 4 is 18.4 Å². The first-order valence-corrected chi connectivity index (χ1v) is 11.0. The summed E-state index contributed by atoms with van der Waals surface area (Å²) in [5, 5.41) is 9.72. The van der Waals surface area contributed by atoms with Crippen molar-refractivity contribution in [2.24, 2.45) is 5.92 Å². The molecule has 0 aromatic heterocycles. The molecular formula is C26H40ClNO4. The van der Waals surface area contributed by atoms with Crippen LogP contribution in [0.1, 0.15) is 70.6 Å². The second-order valence-electron chi connectivity index (χ2n) is 8.78. The number of carbonyl (C=O) groups is 1. The van der Waals surface area contributed by atoms with E-state index in [1.807, 2.05) is 50.2 Å². The van der Waals surface area contributed by atoms with Crippen molar-refractivity contribution in [3.63, 3.8) is 0 Å². The van der Waals surface area contributed by atoms with Crippen LogP contribution in [0.3, 0.4) is 0 Å². The minimum atomic E-state index is -0.245. The monoisotopic (exact) mass is 465 g/mol. The van der Waals surface area contributed by atoms with Gasteiger partial charge in [0.05, 0.1) is 12.5 Å². The Kier molecular flexibility index (Phi) is 13.4. The fraction of sp³-hybridized carbons (Fsp3) is 0.500. The molecule has 0 spiro atoms. The van der Waals surface area contributed by atoms with Gasteiger partial charge in [0.15, 0.2) is 0 Å². The number of benzene rings is 2. The van der Waals surface area contributed by atoms with Crippen LogP contribution in [0.5, 0.6) is 5.75 Å². The van der Waals surface area contributed by atoms with Crippen LogP contribution in [0.15, 0.2) is 48.5 Å². The molecule has 6 heteroatoms. The number of aliphatic hydroxyl groups excluding tert-OH is 1. The Morgan fingerprint density at radius 1 is 0.969 bits per heavy atom. The Morgan fingerprint density at radius 3 is 2.06 bits per heavy atom. The van der Waals surface area contributed by atoms with E-state index < -0.39 is 0 Å². The zero-order valence-electron chi connectivity index (χ0n) is 20.2. The van der Waals surface area contributed by atoms with Crippen LogP contribution >= 0.6 is 12.4 Å². The second-order valence-corrected chi connectivity index (χ2v) is 8.78. The first-order chi connectivity index (χ1) is 14.2. The summed E-state index contributed by atoms with van der Waals surface area (Å²) in [6, 6.07) is 16.9. The summed E-state index contributed by atoms with van der Waals surface area (Å²) in [7, 11) is 0. The van der Waals surface area contributed by atoms with Crippen molar-refractivity contribution in [2.75, 3.05) is 6.54 Å². The molecule has 2 aromatic rings. The van der Waals surface area contributed by atoms with E-state index in [-0.39, 0.29) is 42.3 Å². The van der Waals surface area contributed by atoms with Gasteiger partial charge in [-0.15, -0.1) is 12.4 Å². The summed E-state index contributed by atoms with van der Waals surface area (Å²) in [6.07, 6.45) is 0.890. The van der Waals surface area contributed by atoms with Crippen LogP contribution in [-0.2, 0) is 11.4 Å². The van der Waals surface area contributed by atoms with Gasteiger partial charge in [-0.05, 0) is 63.9 Å². The molecule has 0 radical (unpaired) electrons. The molecule has 0 aliphatic carbocycles. The third-order valence-electron chi connectivity index (χ3n) is 5.52. The topological polar surface area (TPSA) is 81.3 Å². The molecule has 0 amide bonds. The number of nitrogens with zero attached hydrogens (tertiary/aromatic N) is 1. The minimum Gasteiger partial charge on any atom is -0.426 e. The van der Waals surface area contributed by atoms with Gasteiger partial charge in [-0.3, -0.25) is 9.69 Å². The lowest BCUT2D eigenvalue weighted by Gasteiger charge is -2.32. The van der Waals surface area contributed by atoms with Gasteiger partial charge in [0, 0.05) is 23.6 Å². The SMILES string of the molecule is CC(C)C(=O)Oc1ccc(CO)cc1[C@H](CCN(C(C)C)C(C)C)c1ccccc1.Cl.O. The summed E-state index contributed by atoms with van der Waals surface area (Å²) in [5.41, 5.74) is 2.95. The minimum absolute atomic E-state index is 0. The molecule has 32 heavy (non-hydrogen) atoms. The maximum Gasteiger partial charge on any atom is 0.313 e. The van der Waals surface area contributed by atoms with Crippen molar-refractivity contribution < 1.29 is 20.1 Å². The molecule has 0 saturated heterocycles. The third kappa shape index (κ3) is 8.21. The number of hydrogen-bond donors (Lipinski definition) is 1. The average molecular weight is 466 g/mol. The lowest BCUT2D eigenvalue weighted by atomic mass is 9.86. The molecule has 0 saturated carbocycles. The highest BCUT2D eigenvalue weighted by atomic mass is 35.5. The Hall–Kier alpha value is -1.92. The number of hydrogen-bond acceptors (Lipinski definition) is 4. The zero-order valence-corrected chi connectivity index (χ0v) is 21.0. The largest absolute Gasteiger partial charge is 0.426 e. The fourth-order valence-electron chi connectivity index (χ4n) is 3.87. The molecule has 1 atom stereocenters. The van der Waals surface area contributed by atoms with E-state index in [0.29, 0.717) is 17.8 Å². The average Bonchev–Trinajstić information content (AvgIpc) is 2.71. The molecule has 180 valence electrons. The highest BCUT2D eigenvalue weighted by Crippen LogP contribution is 2.36. The molecule has 5 nitrogen and oxygen atoms in total. The quantitative estimate of drug-likeness (QED) is 0.396. The van der Waals surface area contributed by atoms with E-state index in [1.165, 1.54) is 5.56 Å². The number of esters is 1. The summed E-state index contributed by atoms with van der Waals surface area (Å²) in [4.78, 5) is 14.8. The standard InChI is InChI=1S/C26H37NO3.ClH.H2O/c1-18(2)26(29)30-25-13-12-21(17-28)16-24(25)23(22-10-8-7-9-11-22)14-15-27(19(3)4)20(5)6;;/h7-13,16,18-20,23,28H,14-15,17H2,1-6H3;1H;1H2/t23-;;/m1../s1. The van der Waals surface area contributed by atoms with Crippen molar-refractivity contribution in [2.45, 2.75) is 72.6 Å². The predicted octanol–water partition coefficient (Wildman–Crippen LogP) is 4.98. The van der Waals surface area contributed by atoms with Gasteiger partial charge in [0.25, 0.3) is 0 Å². The van der Waals surface area contributed by atoms with Crippen LogP contribution in [0, 0.1) is 5.92 Å². The van der Waals surface area contributed by atoms with Gasteiger partial charge in [-0.2, -0.15) is 0 Å². The number of halogens is 1. The normalized spacial score (nSPS) is 12.0. The van der Waals surface area contributed by atoms with Crippen molar-refractivity contribution in [1.82, 2.24) is 4.90 Å². The Morgan fingerprint density at radius 2 is 1.56 bits per heavy atom. The van der Waals surface area contributed by atoms with Crippen molar-refractivity contribution in [1.29, 1.82) is 0 Å². The maximum absolute atomic E-state index is 12.3. The summed E-state index contributed by atoms with van der Waals surface area (Å²) >= 11 is 0. The molecule has 0 unspecified atom stereocenters. The van der Waals surface area contributed by atoms with Crippen molar-refractivity contribution in [3.8, 4) is 5.75 Å². The van der Waals surface area contributed by atoms with E-state index in [4.69, 9.17) is 4.74 Å². The van der Waals surface area contributed by atoms with Crippen LogP contribution < -0.4 is 4.74 Å². The van der Waals surface area contributed by atoms with Crippen LogP contribution in [0.2, 0.25) is 0 Å². The molecule has 2 rings (SSSR count). The predicted molar refractivity (Wildman–Crippen MR) is 134 cm³/mol. The van der Waals surface area contributed by atoms with Crippen LogP contribution in [0.4, 0.5) is 0 Å². The highest BCUT2D eigenvalue weighted by Gasteiger charge is 2.23. The van der Waals surface area contributed by atoms with Gasteiger partial charge in [0.2, 0.25) is 0 Å². The van der Waals surface area contributed by atoms with Crippen LogP contribution in [-0.4, -0.2) is 40.1 Å². The Balaban J connectivity index is 0.00000480. The number of rotatable bonds is 10. The van der Waals surface area contributed by atoms with Gasteiger partial charge >= 0.3 is 5.97 Å². The van der Waals surface area contributed by atoms with E-state index in [0.717, 1.165) is 24.1 Å². The van der Waals surface area contributed by atoms with Gasteiger partial charge < -0.3 is 15.3 Å². The maximum atomic E-state index is 12.3. The lowest BCUT2D eigenvalue weighted by Crippen LogP contribution is -2.38. The zero-order chi connectivity index (χ0) is 22.3. The Bertz CT molecular complexity index is 801. The molecule has 3 N–H and O–H groups in total. The first-order valence-electron chi connectivity index (χ1n) is 11.0. The van der Waals surface area contributed by atoms with Gasteiger partial charge in [-0.1, -0.05) is 50.2 Å². The van der Waals surface area contributed by atoms with E-state index >= 15 is 0 Å². The molecule has 0 aliphatic rings. The molecule has 0 bridgehead atoms. The molecular weight excluding hydrogens is 426 g/mol. The Labute approximate surface area is 199 Å². The molecule has 0 heterocycles. The first kappa shape index (κ1) is 30.1. The number of carbonyl (C=O) groups excluding carboxylic acids is 1. The summed E-state index contributed by atoms with van der Waals surface area (Å²) in [6.45, 7) is 13.4. The van der Waals surface area contributed by atoms with Gasteiger partial charge in [-0.25, -0.2) is 0 Å². The van der Waals surface area contributed by atoms with E-state index in [2.05, 4.69) is 44.7 Å². The molecule has 2 aromatic carbocycles. The van der Waals surface area contributed by atoms with Crippen molar-refractivity contribution in [3.05, 3.63) is 65.2 Å². The van der Waals surface area contributed by atoms with Gasteiger partial charge in [0.1, 0.15) is 5.75 Å².